The number of carbonyl (C=O) groups is 2. The Hall–Kier alpha value is 0.310. The number of halogens is 1. The SMILES string of the molecule is CC(Br)(CN=PP)C(=O)C(=O)CO. The zero-order valence-electron chi connectivity index (χ0n) is 7.03. The lowest BCUT2D eigenvalue weighted by molar-refractivity contribution is -0.139. The van der Waals surface area contributed by atoms with E-state index in [0.29, 0.717) is 0 Å². The second kappa shape index (κ2) is 5.92. The van der Waals surface area contributed by atoms with Gasteiger partial charge in [0.15, 0.2) is 0 Å². The predicted molar refractivity (Wildman–Crippen MR) is 58.4 cm³/mol. The number of hydrogen-bond acceptors (Lipinski definition) is 4. The fraction of sp³-hybridized carbons (Fsp3) is 0.667. The number of Topliss-reactive ketones (excluding diaryl/α,β-unsaturated/α-hetero) is 2. The first-order chi connectivity index (χ1) is 5.95. The van der Waals surface area contributed by atoms with E-state index in [2.05, 4.69) is 29.6 Å². The molecule has 0 fully saturated rings. The monoisotopic (exact) mass is 285 g/mol. The number of nitrogens with zero attached hydrogens (tertiary/aromatic N) is 1. The lowest BCUT2D eigenvalue weighted by Crippen LogP contribution is -2.38. The van der Waals surface area contributed by atoms with Crippen LogP contribution in [0.25, 0.3) is 0 Å². The summed E-state index contributed by atoms with van der Waals surface area (Å²) >= 11 is 3.10. The van der Waals surface area contributed by atoms with Gasteiger partial charge in [-0.25, -0.2) is 0 Å². The fourth-order valence-corrected chi connectivity index (χ4v) is 1.76. The van der Waals surface area contributed by atoms with Gasteiger partial charge in [0.1, 0.15) is 10.9 Å². The number of aliphatic hydroxyl groups is 1. The van der Waals surface area contributed by atoms with E-state index < -0.39 is 22.5 Å². The summed E-state index contributed by atoms with van der Waals surface area (Å²) in [4.78, 5) is 22.1. The van der Waals surface area contributed by atoms with Crippen LogP contribution >= 0.6 is 32.9 Å². The highest BCUT2D eigenvalue weighted by molar-refractivity contribution is 9.10. The molecule has 0 amide bonds. The van der Waals surface area contributed by atoms with Crippen molar-refractivity contribution in [1.29, 1.82) is 0 Å². The summed E-state index contributed by atoms with van der Waals surface area (Å²) in [6, 6.07) is 0. The topological polar surface area (TPSA) is 66.7 Å². The molecule has 0 saturated heterocycles. The Morgan fingerprint density at radius 2 is 2.23 bits per heavy atom. The Morgan fingerprint density at radius 1 is 1.69 bits per heavy atom. The Balaban J connectivity index is 4.44. The average Bonchev–Trinajstić information content (AvgIpc) is 2.12. The van der Waals surface area contributed by atoms with E-state index in [1.54, 1.807) is 6.92 Å². The van der Waals surface area contributed by atoms with Gasteiger partial charge in [-0.2, -0.15) is 0 Å². The largest absolute Gasteiger partial charge is 0.388 e. The van der Waals surface area contributed by atoms with E-state index in [9.17, 15) is 9.59 Å². The summed E-state index contributed by atoms with van der Waals surface area (Å²) in [6.45, 7) is 1.02. The number of aliphatic hydroxyl groups excluding tert-OH is 1. The van der Waals surface area contributed by atoms with E-state index in [0.717, 1.165) is 8.06 Å². The Bertz CT molecular complexity index is 242. The van der Waals surface area contributed by atoms with Crippen LogP contribution < -0.4 is 0 Å². The van der Waals surface area contributed by atoms with Gasteiger partial charge in [-0.3, -0.25) is 14.3 Å². The smallest absolute Gasteiger partial charge is 0.225 e. The van der Waals surface area contributed by atoms with E-state index in [1.807, 2.05) is 0 Å². The molecule has 74 valence electrons. The number of ketones is 2. The zero-order chi connectivity index (χ0) is 10.5. The van der Waals surface area contributed by atoms with E-state index in [1.165, 1.54) is 0 Å². The predicted octanol–water partition coefficient (Wildman–Crippen LogP) is 1.19. The van der Waals surface area contributed by atoms with Crippen molar-refractivity contribution in [2.24, 2.45) is 4.74 Å². The summed E-state index contributed by atoms with van der Waals surface area (Å²) in [6.07, 6.45) is 0. The van der Waals surface area contributed by atoms with Gasteiger partial charge in [0.05, 0.1) is 6.54 Å². The molecule has 2 unspecified atom stereocenters. The van der Waals surface area contributed by atoms with E-state index in [-0.39, 0.29) is 6.54 Å². The molecule has 0 aliphatic heterocycles. The highest BCUT2D eigenvalue weighted by Crippen LogP contribution is 2.22. The Labute approximate surface area is 88.6 Å². The van der Waals surface area contributed by atoms with Crippen molar-refractivity contribution in [2.75, 3.05) is 13.2 Å². The maximum Gasteiger partial charge on any atom is 0.225 e. The number of alkyl halides is 1. The number of hydrogen-bond donors (Lipinski definition) is 1. The van der Waals surface area contributed by atoms with Crippen LogP contribution in [0.1, 0.15) is 6.92 Å². The molecule has 0 aromatic heterocycles. The standard InChI is InChI=1S/C6H10BrNO3P2/c1-6(7,3-8-13-12)5(11)4(10)2-9/h9H,2-3,12H2,1H3. The highest BCUT2D eigenvalue weighted by Gasteiger charge is 2.34. The maximum absolute atomic E-state index is 11.3. The van der Waals surface area contributed by atoms with Crippen molar-refractivity contribution in [2.45, 2.75) is 11.2 Å². The third-order valence-electron chi connectivity index (χ3n) is 1.32. The second-order valence-electron chi connectivity index (χ2n) is 2.52. The van der Waals surface area contributed by atoms with Crippen LogP contribution in [0.4, 0.5) is 0 Å². The van der Waals surface area contributed by atoms with Crippen LogP contribution in [-0.2, 0) is 9.59 Å². The van der Waals surface area contributed by atoms with Crippen molar-refractivity contribution >= 4 is 44.5 Å². The normalized spacial score (nSPS) is 15.7. The highest BCUT2D eigenvalue weighted by atomic mass is 79.9. The maximum atomic E-state index is 11.3. The van der Waals surface area contributed by atoms with Gasteiger partial charge in [-0.15, -0.1) is 0 Å². The molecular weight excluding hydrogens is 276 g/mol. The lowest BCUT2D eigenvalue weighted by Gasteiger charge is -2.16. The molecule has 0 saturated carbocycles. The van der Waals surface area contributed by atoms with Gasteiger partial charge >= 0.3 is 0 Å². The quantitative estimate of drug-likeness (QED) is 0.469. The molecule has 2 atom stereocenters. The van der Waals surface area contributed by atoms with Crippen LogP contribution in [0.15, 0.2) is 4.74 Å². The molecule has 0 radical (unpaired) electrons. The minimum absolute atomic E-state index is 0.211. The first kappa shape index (κ1) is 13.3. The average molecular weight is 286 g/mol. The van der Waals surface area contributed by atoms with Crippen molar-refractivity contribution < 1.29 is 14.7 Å². The first-order valence-corrected chi connectivity index (χ1v) is 6.65. The van der Waals surface area contributed by atoms with Crippen LogP contribution in [0.2, 0.25) is 0 Å². The molecule has 0 heterocycles. The summed E-state index contributed by atoms with van der Waals surface area (Å²) in [5, 5.41) is 8.47. The molecule has 0 bridgehead atoms. The van der Waals surface area contributed by atoms with Crippen molar-refractivity contribution in [3.8, 4) is 0 Å². The molecule has 0 spiro atoms. The van der Waals surface area contributed by atoms with Gasteiger partial charge in [-0.05, 0) is 6.92 Å². The molecule has 0 aromatic carbocycles. The fourth-order valence-electron chi connectivity index (χ4n) is 0.608. The Morgan fingerprint density at radius 3 is 2.62 bits per heavy atom. The van der Waals surface area contributed by atoms with Crippen LogP contribution in [0, 0.1) is 0 Å². The van der Waals surface area contributed by atoms with Crippen LogP contribution in [0.5, 0.6) is 0 Å². The Kier molecular flexibility index (Phi) is 6.06. The van der Waals surface area contributed by atoms with Gasteiger partial charge in [0.2, 0.25) is 11.6 Å². The molecule has 0 aliphatic rings. The number of carbonyl (C=O) groups excluding carboxylic acids is 2. The summed E-state index contributed by atoms with van der Waals surface area (Å²) < 4.78 is 2.93. The third-order valence-corrected chi connectivity index (χ3v) is 2.73. The van der Waals surface area contributed by atoms with Crippen molar-refractivity contribution in [3.63, 3.8) is 0 Å². The van der Waals surface area contributed by atoms with Gasteiger partial charge in [0, 0.05) is 8.06 Å². The second-order valence-corrected chi connectivity index (χ2v) is 5.48. The van der Waals surface area contributed by atoms with E-state index >= 15 is 0 Å². The minimum atomic E-state index is -0.990. The molecule has 0 rings (SSSR count). The number of rotatable bonds is 5. The van der Waals surface area contributed by atoms with Gasteiger partial charge in [0.25, 0.3) is 0 Å². The minimum Gasteiger partial charge on any atom is -0.388 e. The molecule has 1 N–H and O–H groups in total. The molecule has 7 heteroatoms. The van der Waals surface area contributed by atoms with Crippen LogP contribution in [-0.4, -0.2) is 34.1 Å². The van der Waals surface area contributed by atoms with E-state index in [4.69, 9.17) is 5.11 Å². The first-order valence-electron chi connectivity index (χ1n) is 3.39. The zero-order valence-corrected chi connectivity index (χ0v) is 10.7. The third kappa shape index (κ3) is 4.37. The molecule has 13 heavy (non-hydrogen) atoms. The summed E-state index contributed by atoms with van der Waals surface area (Å²) in [5.74, 6) is -1.44. The molecule has 0 aliphatic carbocycles. The van der Waals surface area contributed by atoms with Gasteiger partial charge in [-0.1, -0.05) is 24.9 Å². The molecular formula is C6H10BrNO3P2. The van der Waals surface area contributed by atoms with Crippen molar-refractivity contribution in [3.05, 3.63) is 0 Å². The summed E-state index contributed by atoms with van der Waals surface area (Å²) in [7, 11) is 3.09. The van der Waals surface area contributed by atoms with Crippen molar-refractivity contribution in [1.82, 2.24) is 0 Å². The van der Waals surface area contributed by atoms with Crippen LogP contribution in [0.3, 0.4) is 0 Å². The summed E-state index contributed by atoms with van der Waals surface area (Å²) in [5.41, 5.74) is 0. The molecule has 4 nitrogen and oxygen atoms in total. The molecule has 0 aromatic rings. The lowest BCUT2D eigenvalue weighted by atomic mass is 10.0. The van der Waals surface area contributed by atoms with Gasteiger partial charge < -0.3 is 5.11 Å².